The van der Waals surface area contributed by atoms with Crippen LogP contribution >= 0.6 is 0 Å². The number of carbonyl (C=O) groups is 5. The summed E-state index contributed by atoms with van der Waals surface area (Å²) in [6.07, 6.45) is 4.31. The second-order valence-corrected chi connectivity index (χ2v) is 7.14. The predicted molar refractivity (Wildman–Crippen MR) is 117 cm³/mol. The number of primary amides is 1. The summed E-state index contributed by atoms with van der Waals surface area (Å²) in [6.45, 7) is 1.58. The molecule has 0 unspecified atom stereocenters. The number of hydrogen-bond donors (Lipinski definition) is 5. The largest absolute Gasteiger partial charge is 0.377 e. The van der Waals surface area contributed by atoms with E-state index in [4.69, 9.17) is 20.9 Å². The Labute approximate surface area is 192 Å². The summed E-state index contributed by atoms with van der Waals surface area (Å²) < 4.78 is 10.5. The SMILES string of the molecule is NCN[C@@H](CCCCNC(=O)COCCOCCNC(=O)CCN1C(=O)C=CC1=O)C(N)=O. The summed E-state index contributed by atoms with van der Waals surface area (Å²) in [5.74, 6) is -1.83. The Bertz CT molecular complexity index is 682. The zero-order valence-corrected chi connectivity index (χ0v) is 18.7. The molecule has 13 nitrogen and oxygen atoms in total. The minimum absolute atomic E-state index is 0.0215. The van der Waals surface area contributed by atoms with Crippen molar-refractivity contribution in [2.75, 3.05) is 52.7 Å². The van der Waals surface area contributed by atoms with Crippen molar-refractivity contribution in [1.29, 1.82) is 0 Å². The molecule has 7 N–H and O–H groups in total. The first-order valence-electron chi connectivity index (χ1n) is 10.8. The van der Waals surface area contributed by atoms with Crippen molar-refractivity contribution in [3.8, 4) is 0 Å². The van der Waals surface area contributed by atoms with Crippen molar-refractivity contribution in [1.82, 2.24) is 20.9 Å². The maximum Gasteiger partial charge on any atom is 0.253 e. The Morgan fingerprint density at radius 3 is 2.27 bits per heavy atom. The third kappa shape index (κ3) is 12.7. The topological polar surface area (TPSA) is 195 Å². The average Bonchev–Trinajstić information content (AvgIpc) is 3.10. The average molecular weight is 471 g/mol. The first kappa shape index (κ1) is 28.2. The van der Waals surface area contributed by atoms with Gasteiger partial charge in [-0.05, 0) is 19.3 Å². The number of rotatable bonds is 19. The van der Waals surface area contributed by atoms with Crippen LogP contribution < -0.4 is 27.4 Å². The van der Waals surface area contributed by atoms with E-state index < -0.39 is 23.8 Å². The van der Waals surface area contributed by atoms with Gasteiger partial charge in [-0.2, -0.15) is 0 Å². The Balaban J connectivity index is 1.91. The highest BCUT2D eigenvalue weighted by molar-refractivity contribution is 6.13. The highest BCUT2D eigenvalue weighted by Gasteiger charge is 2.23. The maximum absolute atomic E-state index is 11.7. The Kier molecular flexibility index (Phi) is 14.3. The molecular weight excluding hydrogens is 436 g/mol. The lowest BCUT2D eigenvalue weighted by Crippen LogP contribution is -2.43. The molecule has 13 heteroatoms. The van der Waals surface area contributed by atoms with Crippen LogP contribution in [-0.2, 0) is 33.4 Å². The third-order valence-corrected chi connectivity index (χ3v) is 4.59. The molecule has 0 aromatic carbocycles. The van der Waals surface area contributed by atoms with Gasteiger partial charge >= 0.3 is 0 Å². The van der Waals surface area contributed by atoms with Crippen LogP contribution in [0.25, 0.3) is 0 Å². The van der Waals surface area contributed by atoms with E-state index in [0.717, 1.165) is 4.90 Å². The van der Waals surface area contributed by atoms with E-state index >= 15 is 0 Å². The fraction of sp³-hybridized carbons (Fsp3) is 0.650. The van der Waals surface area contributed by atoms with Gasteiger partial charge in [-0.15, -0.1) is 0 Å². The Hall–Kier alpha value is -2.87. The van der Waals surface area contributed by atoms with Crippen molar-refractivity contribution in [2.24, 2.45) is 11.5 Å². The van der Waals surface area contributed by atoms with E-state index in [0.29, 0.717) is 25.8 Å². The molecule has 0 spiro atoms. The molecule has 1 rings (SSSR count). The second-order valence-electron chi connectivity index (χ2n) is 7.14. The van der Waals surface area contributed by atoms with Gasteiger partial charge in [-0.25, -0.2) is 0 Å². The summed E-state index contributed by atoms with van der Waals surface area (Å²) in [4.78, 5) is 58.3. The van der Waals surface area contributed by atoms with Crippen molar-refractivity contribution < 1.29 is 33.4 Å². The molecule has 0 radical (unpaired) electrons. The molecule has 186 valence electrons. The van der Waals surface area contributed by atoms with Gasteiger partial charge in [0.05, 0.1) is 25.9 Å². The van der Waals surface area contributed by atoms with Crippen molar-refractivity contribution in [2.45, 2.75) is 31.7 Å². The van der Waals surface area contributed by atoms with Crippen LogP contribution in [0.3, 0.4) is 0 Å². The van der Waals surface area contributed by atoms with Gasteiger partial charge in [0.15, 0.2) is 0 Å². The molecule has 1 aliphatic heterocycles. The van der Waals surface area contributed by atoms with Gasteiger partial charge in [0, 0.05) is 44.9 Å². The number of amides is 5. The highest BCUT2D eigenvalue weighted by atomic mass is 16.5. The van der Waals surface area contributed by atoms with Crippen molar-refractivity contribution >= 4 is 29.5 Å². The molecule has 1 atom stereocenters. The highest BCUT2D eigenvalue weighted by Crippen LogP contribution is 2.04. The molecule has 0 saturated heterocycles. The minimum atomic E-state index is -0.467. The number of hydrogen-bond acceptors (Lipinski definition) is 9. The van der Waals surface area contributed by atoms with Crippen LogP contribution in [0.15, 0.2) is 12.2 Å². The summed E-state index contributed by atoms with van der Waals surface area (Å²) in [6, 6.07) is -0.467. The molecule has 33 heavy (non-hydrogen) atoms. The second kappa shape index (κ2) is 16.7. The number of imide groups is 1. The molecule has 0 aromatic heterocycles. The van der Waals surface area contributed by atoms with Crippen molar-refractivity contribution in [3.05, 3.63) is 12.2 Å². The fourth-order valence-electron chi connectivity index (χ4n) is 2.84. The molecule has 1 heterocycles. The Morgan fingerprint density at radius 1 is 0.939 bits per heavy atom. The van der Waals surface area contributed by atoms with E-state index in [1.165, 1.54) is 12.2 Å². The quantitative estimate of drug-likeness (QED) is 0.0747. The number of unbranched alkanes of at least 4 members (excludes halogenated alkanes) is 1. The van der Waals surface area contributed by atoms with Crippen LogP contribution in [0, 0.1) is 0 Å². The molecule has 5 amide bonds. The van der Waals surface area contributed by atoms with E-state index in [1.807, 2.05) is 0 Å². The number of carbonyl (C=O) groups excluding carboxylic acids is 5. The van der Waals surface area contributed by atoms with E-state index in [9.17, 15) is 24.0 Å². The van der Waals surface area contributed by atoms with E-state index in [1.54, 1.807) is 0 Å². The normalized spacial score (nSPS) is 13.9. The lowest BCUT2D eigenvalue weighted by molar-refractivity contribution is -0.137. The summed E-state index contributed by atoms with van der Waals surface area (Å²) in [7, 11) is 0. The van der Waals surface area contributed by atoms with Crippen LogP contribution in [0.4, 0.5) is 0 Å². The van der Waals surface area contributed by atoms with Gasteiger partial charge in [-0.1, -0.05) is 0 Å². The summed E-state index contributed by atoms with van der Waals surface area (Å²) >= 11 is 0. The van der Waals surface area contributed by atoms with Gasteiger partial charge in [-0.3, -0.25) is 34.2 Å². The standard InChI is InChI=1S/C20H34N6O7/c21-14-25-15(20(22)31)3-1-2-7-23-17(28)13-33-12-11-32-10-8-24-16(27)6-9-26-18(29)4-5-19(26)30/h4-5,15,25H,1-3,6-14,21H2,(H2,22,31)(H,23,28)(H,24,27)/t15-/m0/s1. The van der Waals surface area contributed by atoms with E-state index in [2.05, 4.69) is 16.0 Å². The number of ether oxygens (including phenoxy) is 2. The van der Waals surface area contributed by atoms with E-state index in [-0.39, 0.29) is 64.4 Å². The molecule has 1 aliphatic rings. The number of nitrogens with one attached hydrogen (secondary N) is 3. The molecule has 0 bridgehead atoms. The monoisotopic (exact) mass is 470 g/mol. The maximum atomic E-state index is 11.7. The lowest BCUT2D eigenvalue weighted by atomic mass is 10.1. The van der Waals surface area contributed by atoms with Gasteiger partial charge in [0.25, 0.3) is 11.8 Å². The lowest BCUT2D eigenvalue weighted by Gasteiger charge is -2.13. The zero-order chi connectivity index (χ0) is 24.5. The van der Waals surface area contributed by atoms with Crippen molar-refractivity contribution in [3.63, 3.8) is 0 Å². The molecular formula is C20H34N6O7. The molecule has 0 fully saturated rings. The first-order chi connectivity index (χ1) is 15.8. The van der Waals surface area contributed by atoms with Crippen LogP contribution in [-0.4, -0.2) is 93.2 Å². The summed E-state index contributed by atoms with van der Waals surface area (Å²) in [5.41, 5.74) is 10.6. The molecule has 0 aliphatic carbocycles. The van der Waals surface area contributed by atoms with Crippen LogP contribution in [0.2, 0.25) is 0 Å². The number of nitrogens with two attached hydrogens (primary N) is 2. The minimum Gasteiger partial charge on any atom is -0.377 e. The number of nitrogens with zero attached hydrogens (tertiary/aromatic N) is 1. The van der Waals surface area contributed by atoms with Crippen LogP contribution in [0.5, 0.6) is 0 Å². The van der Waals surface area contributed by atoms with Gasteiger partial charge in [0.2, 0.25) is 17.7 Å². The Morgan fingerprint density at radius 2 is 1.61 bits per heavy atom. The zero-order valence-electron chi connectivity index (χ0n) is 18.7. The summed E-state index contributed by atoms with van der Waals surface area (Å²) in [5, 5.41) is 8.14. The fourth-order valence-corrected chi connectivity index (χ4v) is 2.84. The van der Waals surface area contributed by atoms with Gasteiger partial charge in [0.1, 0.15) is 6.61 Å². The van der Waals surface area contributed by atoms with Crippen LogP contribution in [0.1, 0.15) is 25.7 Å². The van der Waals surface area contributed by atoms with Gasteiger partial charge < -0.3 is 31.6 Å². The smallest absolute Gasteiger partial charge is 0.253 e. The molecule has 0 saturated carbocycles. The molecule has 0 aromatic rings. The first-order valence-corrected chi connectivity index (χ1v) is 10.8. The third-order valence-electron chi connectivity index (χ3n) is 4.59. The predicted octanol–water partition coefficient (Wildman–Crippen LogP) is -2.90.